The van der Waals surface area contributed by atoms with Gasteiger partial charge in [-0.1, -0.05) is 19.1 Å². The van der Waals surface area contributed by atoms with Gasteiger partial charge in [0.1, 0.15) is 23.7 Å². The lowest BCUT2D eigenvalue weighted by atomic mass is 10.2. The van der Waals surface area contributed by atoms with Crippen molar-refractivity contribution in [1.82, 2.24) is 40.2 Å². The Bertz CT molecular complexity index is 959. The van der Waals surface area contributed by atoms with Gasteiger partial charge in [0.15, 0.2) is 11.8 Å². The van der Waals surface area contributed by atoms with Crippen LogP contribution in [0.25, 0.3) is 0 Å². The van der Waals surface area contributed by atoms with Crippen molar-refractivity contribution < 1.29 is 4.74 Å². The van der Waals surface area contributed by atoms with E-state index in [2.05, 4.69) is 38.0 Å². The van der Waals surface area contributed by atoms with Crippen LogP contribution >= 0.6 is 0 Å². The van der Waals surface area contributed by atoms with Gasteiger partial charge in [-0.25, -0.2) is 4.99 Å². The molecule has 2 aromatic heterocycles. The molecule has 3 rings (SSSR count). The minimum atomic E-state index is 0.526. The van der Waals surface area contributed by atoms with E-state index in [9.17, 15) is 0 Å². The van der Waals surface area contributed by atoms with Crippen molar-refractivity contribution in [2.24, 2.45) is 12.0 Å². The summed E-state index contributed by atoms with van der Waals surface area (Å²) < 4.78 is 9.21. The Kier molecular flexibility index (Phi) is 7.36. The summed E-state index contributed by atoms with van der Waals surface area (Å²) in [6, 6.07) is 7.89. The van der Waals surface area contributed by atoms with Crippen LogP contribution in [0.2, 0.25) is 0 Å². The van der Waals surface area contributed by atoms with Crippen LogP contribution in [0.1, 0.15) is 30.0 Å². The van der Waals surface area contributed by atoms with Crippen molar-refractivity contribution in [1.29, 1.82) is 0 Å². The lowest BCUT2D eigenvalue weighted by molar-refractivity contribution is 0.414. The zero-order chi connectivity index (χ0) is 21.3. The van der Waals surface area contributed by atoms with Gasteiger partial charge in [0, 0.05) is 26.6 Å². The quantitative estimate of drug-likeness (QED) is 0.403. The third kappa shape index (κ3) is 5.56. The normalized spacial score (nSPS) is 11.5. The molecule has 0 unspecified atom stereocenters. The maximum atomic E-state index is 5.21. The second-order valence-corrected chi connectivity index (χ2v) is 6.81. The first-order valence-electron chi connectivity index (χ1n) is 9.97. The summed E-state index contributed by atoms with van der Waals surface area (Å²) in [6.07, 6.45) is 2.60. The van der Waals surface area contributed by atoms with Crippen LogP contribution in [0.3, 0.4) is 0 Å². The highest BCUT2D eigenvalue weighted by molar-refractivity contribution is 5.79. The molecule has 3 aromatic rings. The third-order valence-electron chi connectivity index (χ3n) is 4.83. The summed E-state index contributed by atoms with van der Waals surface area (Å²) in [5, 5.41) is 23.1. The number of guanidine groups is 1. The number of methoxy groups -OCH3 is 1. The van der Waals surface area contributed by atoms with E-state index in [0.29, 0.717) is 25.6 Å². The number of aryl methyl sites for hydroxylation is 2. The van der Waals surface area contributed by atoms with Crippen molar-refractivity contribution in [2.75, 3.05) is 13.7 Å². The van der Waals surface area contributed by atoms with Crippen molar-refractivity contribution >= 4 is 5.96 Å². The number of aliphatic imine (C=N–C) groups is 1. The van der Waals surface area contributed by atoms with E-state index in [0.717, 1.165) is 41.8 Å². The molecule has 0 atom stereocenters. The minimum absolute atomic E-state index is 0.526. The molecular weight excluding hydrogens is 382 g/mol. The van der Waals surface area contributed by atoms with Gasteiger partial charge < -0.3 is 24.5 Å². The van der Waals surface area contributed by atoms with Crippen LogP contribution in [-0.2, 0) is 33.1 Å². The van der Waals surface area contributed by atoms with Gasteiger partial charge in [0.05, 0.1) is 20.2 Å². The second kappa shape index (κ2) is 10.4. The molecule has 0 saturated carbocycles. The van der Waals surface area contributed by atoms with E-state index >= 15 is 0 Å². The average Bonchev–Trinajstić information content (AvgIpc) is 3.36. The van der Waals surface area contributed by atoms with Crippen LogP contribution in [0.15, 0.2) is 35.6 Å². The first-order chi connectivity index (χ1) is 14.6. The molecule has 10 nitrogen and oxygen atoms in total. The van der Waals surface area contributed by atoms with Crippen LogP contribution in [0.4, 0.5) is 0 Å². The van der Waals surface area contributed by atoms with E-state index in [1.54, 1.807) is 13.4 Å². The number of hydrogen-bond acceptors (Lipinski definition) is 6. The third-order valence-corrected chi connectivity index (χ3v) is 4.83. The fourth-order valence-corrected chi connectivity index (χ4v) is 2.88. The predicted octanol–water partition coefficient (Wildman–Crippen LogP) is 1.22. The van der Waals surface area contributed by atoms with Crippen LogP contribution in [0.5, 0.6) is 5.75 Å². The SMILES string of the molecule is CCc1nncn1CCNC(=NCc1ccc(OC)cc1)NCc1nnc(C)n1C. The lowest BCUT2D eigenvalue weighted by Gasteiger charge is -2.13. The topological polar surface area (TPSA) is 107 Å². The number of hydrogen-bond donors (Lipinski definition) is 2. The van der Waals surface area contributed by atoms with Crippen LogP contribution in [0, 0.1) is 6.92 Å². The van der Waals surface area contributed by atoms with Gasteiger partial charge in [0.2, 0.25) is 0 Å². The number of aromatic nitrogens is 6. The summed E-state index contributed by atoms with van der Waals surface area (Å²) >= 11 is 0. The molecule has 30 heavy (non-hydrogen) atoms. The lowest BCUT2D eigenvalue weighted by Crippen LogP contribution is -2.39. The van der Waals surface area contributed by atoms with E-state index in [1.807, 2.05) is 47.4 Å². The smallest absolute Gasteiger partial charge is 0.192 e. The molecule has 0 bridgehead atoms. The molecule has 0 aliphatic rings. The minimum Gasteiger partial charge on any atom is -0.497 e. The second-order valence-electron chi connectivity index (χ2n) is 6.81. The summed E-state index contributed by atoms with van der Waals surface area (Å²) in [7, 11) is 3.61. The number of rotatable bonds is 9. The Morgan fingerprint density at radius 3 is 2.57 bits per heavy atom. The molecule has 0 radical (unpaired) electrons. The molecular formula is C20H29N9O. The molecule has 1 aromatic carbocycles. The Morgan fingerprint density at radius 1 is 1.10 bits per heavy atom. The molecule has 160 valence electrons. The largest absolute Gasteiger partial charge is 0.497 e. The molecule has 0 spiro atoms. The molecule has 2 N–H and O–H groups in total. The van der Waals surface area contributed by atoms with Crippen LogP contribution < -0.4 is 15.4 Å². The summed E-state index contributed by atoms with van der Waals surface area (Å²) in [5.74, 6) is 4.22. The highest BCUT2D eigenvalue weighted by atomic mass is 16.5. The van der Waals surface area contributed by atoms with Crippen molar-refractivity contribution in [3.8, 4) is 5.75 Å². The van der Waals surface area contributed by atoms with Gasteiger partial charge in [-0.15, -0.1) is 20.4 Å². The Balaban J connectivity index is 1.63. The maximum Gasteiger partial charge on any atom is 0.192 e. The first kappa shape index (κ1) is 21.3. The fourth-order valence-electron chi connectivity index (χ4n) is 2.88. The highest BCUT2D eigenvalue weighted by Crippen LogP contribution is 2.11. The highest BCUT2D eigenvalue weighted by Gasteiger charge is 2.07. The summed E-state index contributed by atoms with van der Waals surface area (Å²) in [4.78, 5) is 4.72. The van der Waals surface area contributed by atoms with Gasteiger partial charge in [0.25, 0.3) is 0 Å². The molecule has 10 heteroatoms. The van der Waals surface area contributed by atoms with Gasteiger partial charge >= 0.3 is 0 Å². The van der Waals surface area contributed by atoms with Crippen LogP contribution in [-0.4, -0.2) is 49.1 Å². The Hall–Kier alpha value is -3.43. The first-order valence-corrected chi connectivity index (χ1v) is 9.97. The number of nitrogens with zero attached hydrogens (tertiary/aromatic N) is 7. The van der Waals surface area contributed by atoms with Crippen molar-refractivity contribution in [2.45, 2.75) is 39.9 Å². The zero-order valence-electron chi connectivity index (χ0n) is 18.0. The molecule has 2 heterocycles. The van der Waals surface area contributed by atoms with Crippen molar-refractivity contribution in [3.05, 3.63) is 53.6 Å². The summed E-state index contributed by atoms with van der Waals surface area (Å²) in [6.45, 7) is 6.51. The fraction of sp³-hybridized carbons (Fsp3) is 0.450. The Labute approximate surface area is 176 Å². The summed E-state index contributed by atoms with van der Waals surface area (Å²) in [5.41, 5.74) is 1.10. The monoisotopic (exact) mass is 411 g/mol. The van der Waals surface area contributed by atoms with Gasteiger partial charge in [-0.3, -0.25) is 0 Å². The molecule has 0 aliphatic heterocycles. The van der Waals surface area contributed by atoms with Gasteiger partial charge in [-0.05, 0) is 24.6 Å². The molecule has 0 aliphatic carbocycles. The number of nitrogens with one attached hydrogen (secondary N) is 2. The molecule has 0 saturated heterocycles. The number of benzene rings is 1. The average molecular weight is 412 g/mol. The molecule has 0 amide bonds. The van der Waals surface area contributed by atoms with E-state index in [-0.39, 0.29) is 0 Å². The van der Waals surface area contributed by atoms with Crippen molar-refractivity contribution in [3.63, 3.8) is 0 Å². The maximum absolute atomic E-state index is 5.21. The number of ether oxygens (including phenoxy) is 1. The Morgan fingerprint density at radius 2 is 1.90 bits per heavy atom. The predicted molar refractivity (Wildman–Crippen MR) is 114 cm³/mol. The van der Waals surface area contributed by atoms with Gasteiger partial charge in [-0.2, -0.15) is 0 Å². The van der Waals surface area contributed by atoms with E-state index in [1.165, 1.54) is 0 Å². The standard InChI is InChI=1S/C20H29N9O/c1-5-18-26-24-14-29(18)11-10-21-20(23-13-19-27-25-15(2)28(19)3)22-12-16-6-8-17(30-4)9-7-16/h6-9,14H,5,10-13H2,1-4H3,(H2,21,22,23). The van der Waals surface area contributed by atoms with E-state index in [4.69, 9.17) is 9.73 Å². The molecule has 0 fully saturated rings. The zero-order valence-corrected chi connectivity index (χ0v) is 18.0. The van der Waals surface area contributed by atoms with E-state index < -0.39 is 0 Å².